The lowest BCUT2D eigenvalue weighted by Crippen LogP contribution is -2.31. The molecule has 1 aliphatic rings. The standard InChI is InChI=1S/C11H7N3O3/c12-5-9-13-6-10(15)14(9)8-3-1-7(2-4-8)11(16)17/h1-4H,6H2,(H,16,17). The third-order valence-corrected chi connectivity index (χ3v) is 2.30. The summed E-state index contributed by atoms with van der Waals surface area (Å²) in [6.45, 7) is -0.0520. The van der Waals surface area contributed by atoms with Crippen molar-refractivity contribution in [1.82, 2.24) is 0 Å². The number of anilines is 1. The highest BCUT2D eigenvalue weighted by molar-refractivity contribution is 6.26. The van der Waals surface area contributed by atoms with Crippen LogP contribution in [0.5, 0.6) is 0 Å². The number of carbonyl (C=O) groups is 2. The molecule has 6 nitrogen and oxygen atoms in total. The van der Waals surface area contributed by atoms with Crippen molar-refractivity contribution >= 4 is 23.4 Å². The lowest BCUT2D eigenvalue weighted by molar-refractivity contribution is -0.115. The van der Waals surface area contributed by atoms with Crippen LogP contribution in [0, 0.1) is 11.3 Å². The first-order valence-electron chi connectivity index (χ1n) is 4.74. The van der Waals surface area contributed by atoms with E-state index in [9.17, 15) is 9.59 Å². The van der Waals surface area contributed by atoms with Crippen LogP contribution in [0.4, 0.5) is 5.69 Å². The Bertz CT molecular complexity index is 554. The van der Waals surface area contributed by atoms with E-state index >= 15 is 0 Å². The van der Waals surface area contributed by atoms with Crippen molar-refractivity contribution in [3.05, 3.63) is 29.8 Å². The molecule has 0 saturated carbocycles. The second-order valence-electron chi connectivity index (χ2n) is 3.33. The number of amidine groups is 1. The van der Waals surface area contributed by atoms with Gasteiger partial charge in [-0.2, -0.15) is 5.26 Å². The van der Waals surface area contributed by atoms with Crippen LogP contribution >= 0.6 is 0 Å². The highest BCUT2D eigenvalue weighted by Crippen LogP contribution is 2.19. The maximum atomic E-state index is 11.5. The number of hydrogen-bond acceptors (Lipinski definition) is 4. The number of nitriles is 1. The normalized spacial score (nSPS) is 14.4. The molecule has 84 valence electrons. The van der Waals surface area contributed by atoms with Gasteiger partial charge in [0.25, 0.3) is 5.91 Å². The SMILES string of the molecule is N#CC1=NCC(=O)N1c1ccc(C(=O)O)cc1. The average Bonchev–Trinajstić information content (AvgIpc) is 2.70. The molecule has 2 rings (SSSR count). The molecular formula is C11H7N3O3. The summed E-state index contributed by atoms with van der Waals surface area (Å²) in [4.78, 5) is 27.1. The van der Waals surface area contributed by atoms with Crippen LogP contribution in [-0.4, -0.2) is 29.4 Å². The van der Waals surface area contributed by atoms with Gasteiger partial charge in [0.1, 0.15) is 12.6 Å². The van der Waals surface area contributed by atoms with Gasteiger partial charge in [0.2, 0.25) is 5.84 Å². The minimum atomic E-state index is -1.04. The van der Waals surface area contributed by atoms with E-state index in [-0.39, 0.29) is 23.9 Å². The molecule has 1 aromatic rings. The molecule has 17 heavy (non-hydrogen) atoms. The lowest BCUT2D eigenvalue weighted by atomic mass is 10.2. The molecule has 1 aromatic carbocycles. The summed E-state index contributed by atoms with van der Waals surface area (Å²) in [7, 11) is 0. The highest BCUT2D eigenvalue weighted by Gasteiger charge is 2.26. The molecule has 0 spiro atoms. The molecular weight excluding hydrogens is 222 g/mol. The third kappa shape index (κ3) is 1.86. The van der Waals surface area contributed by atoms with Gasteiger partial charge < -0.3 is 5.11 Å². The monoisotopic (exact) mass is 229 g/mol. The summed E-state index contributed by atoms with van der Waals surface area (Å²) in [5.74, 6) is -1.32. The van der Waals surface area contributed by atoms with E-state index in [0.717, 1.165) is 0 Å². The summed E-state index contributed by atoms with van der Waals surface area (Å²) in [6, 6.07) is 7.51. The molecule has 0 fully saturated rings. The number of benzene rings is 1. The van der Waals surface area contributed by atoms with Crippen molar-refractivity contribution in [2.75, 3.05) is 11.4 Å². The predicted molar refractivity (Wildman–Crippen MR) is 58.8 cm³/mol. The second kappa shape index (κ2) is 4.06. The van der Waals surface area contributed by atoms with Crippen molar-refractivity contribution < 1.29 is 14.7 Å². The summed E-state index contributed by atoms with van der Waals surface area (Å²) >= 11 is 0. The van der Waals surface area contributed by atoms with Gasteiger partial charge in [-0.1, -0.05) is 0 Å². The van der Waals surface area contributed by atoms with Crippen molar-refractivity contribution in [3.8, 4) is 6.07 Å². The summed E-state index contributed by atoms with van der Waals surface area (Å²) in [6.07, 6.45) is 0. The maximum Gasteiger partial charge on any atom is 0.335 e. The number of aromatic carboxylic acids is 1. The maximum absolute atomic E-state index is 11.5. The number of carbonyl (C=O) groups excluding carboxylic acids is 1. The molecule has 1 amide bonds. The molecule has 0 unspecified atom stereocenters. The number of nitrogens with zero attached hydrogens (tertiary/aromatic N) is 3. The van der Waals surface area contributed by atoms with Crippen LogP contribution in [0.1, 0.15) is 10.4 Å². The molecule has 0 radical (unpaired) electrons. The Labute approximate surface area is 96.4 Å². The first kappa shape index (κ1) is 10.8. The average molecular weight is 229 g/mol. The van der Waals surface area contributed by atoms with Crippen molar-refractivity contribution in [3.63, 3.8) is 0 Å². The van der Waals surface area contributed by atoms with E-state index < -0.39 is 5.97 Å². The van der Waals surface area contributed by atoms with Gasteiger partial charge in [-0.15, -0.1) is 0 Å². The van der Waals surface area contributed by atoms with E-state index in [1.165, 1.54) is 29.2 Å². The number of carboxylic acid groups (broad SMARTS) is 1. The zero-order valence-electron chi connectivity index (χ0n) is 8.62. The largest absolute Gasteiger partial charge is 0.478 e. The third-order valence-electron chi connectivity index (χ3n) is 2.30. The molecule has 6 heteroatoms. The van der Waals surface area contributed by atoms with Crippen molar-refractivity contribution in [2.45, 2.75) is 0 Å². The zero-order chi connectivity index (χ0) is 12.4. The van der Waals surface area contributed by atoms with Gasteiger partial charge in [-0.3, -0.25) is 9.69 Å². The van der Waals surface area contributed by atoms with Crippen LogP contribution in [0.25, 0.3) is 0 Å². The van der Waals surface area contributed by atoms with Crippen LogP contribution in [0.15, 0.2) is 29.3 Å². The fraction of sp³-hybridized carbons (Fsp3) is 0.0909. The van der Waals surface area contributed by atoms with E-state index in [4.69, 9.17) is 10.4 Å². The Kier molecular flexibility index (Phi) is 2.58. The smallest absolute Gasteiger partial charge is 0.335 e. The number of hydrogen-bond donors (Lipinski definition) is 1. The first-order chi connectivity index (χ1) is 8.13. The topological polar surface area (TPSA) is 93.8 Å². The van der Waals surface area contributed by atoms with Gasteiger partial charge in [-0.05, 0) is 24.3 Å². The number of aliphatic imine (C=N–C) groups is 1. The second-order valence-corrected chi connectivity index (χ2v) is 3.33. The molecule has 1 aliphatic heterocycles. The van der Waals surface area contributed by atoms with Crippen LogP contribution in [0.2, 0.25) is 0 Å². The van der Waals surface area contributed by atoms with E-state index in [2.05, 4.69) is 4.99 Å². The molecule has 1 N–H and O–H groups in total. The summed E-state index contributed by atoms with van der Waals surface area (Å²) < 4.78 is 0. The van der Waals surface area contributed by atoms with Gasteiger partial charge in [-0.25, -0.2) is 9.79 Å². The van der Waals surface area contributed by atoms with Crippen LogP contribution < -0.4 is 4.90 Å². The molecule has 0 aromatic heterocycles. The molecule has 0 atom stereocenters. The first-order valence-corrected chi connectivity index (χ1v) is 4.74. The predicted octanol–water partition coefficient (Wildman–Crippen LogP) is 0.653. The highest BCUT2D eigenvalue weighted by atomic mass is 16.4. The van der Waals surface area contributed by atoms with E-state index in [0.29, 0.717) is 5.69 Å². The molecule has 0 saturated heterocycles. The minimum absolute atomic E-state index is 0.0260. The fourth-order valence-corrected chi connectivity index (χ4v) is 1.51. The summed E-state index contributed by atoms with van der Waals surface area (Å²) in [5.41, 5.74) is 0.564. The quantitative estimate of drug-likeness (QED) is 0.805. The Morgan fingerprint density at radius 3 is 2.59 bits per heavy atom. The van der Waals surface area contributed by atoms with Crippen LogP contribution in [-0.2, 0) is 4.79 Å². The zero-order valence-corrected chi connectivity index (χ0v) is 8.62. The van der Waals surface area contributed by atoms with Gasteiger partial charge in [0.05, 0.1) is 11.3 Å². The van der Waals surface area contributed by atoms with Gasteiger partial charge in [0, 0.05) is 0 Å². The number of rotatable bonds is 2. The molecule has 0 aliphatic carbocycles. The van der Waals surface area contributed by atoms with E-state index in [1.807, 2.05) is 6.07 Å². The summed E-state index contributed by atoms with van der Waals surface area (Å²) in [5, 5.41) is 17.5. The molecule has 0 bridgehead atoms. The Morgan fingerprint density at radius 2 is 2.06 bits per heavy atom. The van der Waals surface area contributed by atoms with Crippen molar-refractivity contribution in [2.24, 2.45) is 4.99 Å². The van der Waals surface area contributed by atoms with E-state index in [1.54, 1.807) is 0 Å². The Balaban J connectivity index is 2.35. The van der Waals surface area contributed by atoms with Crippen LogP contribution in [0.3, 0.4) is 0 Å². The lowest BCUT2D eigenvalue weighted by Gasteiger charge is -2.14. The minimum Gasteiger partial charge on any atom is -0.478 e. The molecule has 1 heterocycles. The Morgan fingerprint density at radius 1 is 1.41 bits per heavy atom. The van der Waals surface area contributed by atoms with Gasteiger partial charge >= 0.3 is 5.97 Å². The Hall–Kier alpha value is -2.68. The van der Waals surface area contributed by atoms with Gasteiger partial charge in [0.15, 0.2) is 0 Å². The fourth-order valence-electron chi connectivity index (χ4n) is 1.51. The number of amides is 1. The van der Waals surface area contributed by atoms with Crippen molar-refractivity contribution in [1.29, 1.82) is 5.26 Å². The number of carboxylic acids is 1.